The summed E-state index contributed by atoms with van der Waals surface area (Å²) < 4.78 is 1.73. The van der Waals surface area contributed by atoms with Crippen molar-refractivity contribution in [3.05, 3.63) is 76.6 Å². The molecule has 0 unspecified atom stereocenters. The van der Waals surface area contributed by atoms with E-state index in [2.05, 4.69) is 14.9 Å². The average molecular weight is 353 g/mol. The third-order valence-electron chi connectivity index (χ3n) is 4.07. The molecule has 0 aliphatic rings. The summed E-state index contributed by atoms with van der Waals surface area (Å²) in [4.78, 5) is 7.71. The maximum atomic E-state index is 9.65. The van der Waals surface area contributed by atoms with E-state index in [1.54, 1.807) is 23.1 Å². The molecule has 2 aromatic carbocycles. The Morgan fingerprint density at radius 2 is 2.00 bits per heavy atom. The van der Waals surface area contributed by atoms with Crippen molar-refractivity contribution in [1.29, 1.82) is 0 Å². The first-order valence-electron chi connectivity index (χ1n) is 7.73. The lowest BCUT2D eigenvalue weighted by Gasteiger charge is -2.16. The molecule has 0 saturated heterocycles. The highest BCUT2D eigenvalue weighted by molar-refractivity contribution is 6.32. The zero-order chi connectivity index (χ0) is 18.0. The van der Waals surface area contributed by atoms with E-state index in [0.29, 0.717) is 11.6 Å². The fraction of sp³-hybridized carbons (Fsp3) is 0.211. The summed E-state index contributed by atoms with van der Waals surface area (Å²) in [5.74, 6) is 0.0471. The number of halogens is 1. The van der Waals surface area contributed by atoms with Gasteiger partial charge < -0.3 is 9.95 Å². The van der Waals surface area contributed by atoms with Crippen molar-refractivity contribution in [2.24, 2.45) is 0 Å². The van der Waals surface area contributed by atoms with E-state index in [9.17, 15) is 5.11 Å². The van der Waals surface area contributed by atoms with Gasteiger partial charge in [-0.2, -0.15) is 5.10 Å². The molecular formula is C19H17ClN4O. The van der Waals surface area contributed by atoms with E-state index in [1.165, 1.54) is 6.33 Å². The normalized spacial score (nSPS) is 11.3. The topological polar surface area (TPSA) is 55.3 Å². The molecule has 1 heterocycles. The van der Waals surface area contributed by atoms with Crippen molar-refractivity contribution in [2.45, 2.75) is 25.9 Å². The van der Waals surface area contributed by atoms with Crippen molar-refractivity contribution in [2.75, 3.05) is 0 Å². The van der Waals surface area contributed by atoms with Gasteiger partial charge in [0, 0.05) is 19.4 Å². The van der Waals surface area contributed by atoms with Gasteiger partial charge in [-0.1, -0.05) is 17.7 Å². The molecule has 1 N–H and O–H groups in total. The van der Waals surface area contributed by atoms with Crippen LogP contribution < -0.4 is 0 Å². The molecule has 0 radical (unpaired) electrons. The predicted molar refractivity (Wildman–Crippen MR) is 97.3 cm³/mol. The lowest BCUT2D eigenvalue weighted by atomic mass is 9.90. The molecule has 126 valence electrons. The van der Waals surface area contributed by atoms with Gasteiger partial charge in [-0.3, -0.25) is 0 Å². The monoisotopic (exact) mass is 352 g/mol. The lowest BCUT2D eigenvalue weighted by molar-refractivity contribution is 0.475. The molecule has 3 rings (SSSR count). The van der Waals surface area contributed by atoms with Crippen LogP contribution in [-0.4, -0.2) is 19.9 Å². The Morgan fingerprint density at radius 1 is 1.20 bits per heavy atom. The van der Waals surface area contributed by atoms with Crippen LogP contribution >= 0.6 is 11.6 Å². The summed E-state index contributed by atoms with van der Waals surface area (Å²) in [6, 6.07) is 11.1. The maximum Gasteiger partial charge on any atom is 0.252 e. The quantitative estimate of drug-likeness (QED) is 0.703. The van der Waals surface area contributed by atoms with Crippen LogP contribution in [0.5, 0.6) is 5.75 Å². The molecule has 25 heavy (non-hydrogen) atoms. The minimum atomic E-state index is -0.645. The van der Waals surface area contributed by atoms with E-state index in [1.807, 2.05) is 38.1 Å². The molecular weight excluding hydrogens is 336 g/mol. The van der Waals surface area contributed by atoms with Crippen LogP contribution in [-0.2, 0) is 12.1 Å². The largest absolute Gasteiger partial charge is 0.506 e. The number of phenolic OH excluding ortho intramolecular Hbond substituents is 1. The Hall–Kier alpha value is -2.84. The van der Waals surface area contributed by atoms with Crippen LogP contribution in [0.25, 0.3) is 16.0 Å². The molecule has 0 saturated carbocycles. The van der Waals surface area contributed by atoms with E-state index in [-0.39, 0.29) is 5.75 Å². The summed E-state index contributed by atoms with van der Waals surface area (Å²) in [6.07, 6.45) is 3.15. The van der Waals surface area contributed by atoms with Gasteiger partial charge in [-0.05, 0) is 47.0 Å². The summed E-state index contributed by atoms with van der Waals surface area (Å²) in [5.41, 5.74) is 3.10. The zero-order valence-corrected chi connectivity index (χ0v) is 14.7. The molecule has 0 amide bonds. The number of phenols is 1. The van der Waals surface area contributed by atoms with Crippen LogP contribution in [0.3, 0.4) is 0 Å². The Balaban J connectivity index is 2.12. The van der Waals surface area contributed by atoms with E-state index >= 15 is 0 Å². The van der Waals surface area contributed by atoms with E-state index < -0.39 is 5.54 Å². The summed E-state index contributed by atoms with van der Waals surface area (Å²) in [7, 11) is 0. The number of aromatic nitrogens is 3. The van der Waals surface area contributed by atoms with Gasteiger partial charge in [0.2, 0.25) is 0 Å². The van der Waals surface area contributed by atoms with Gasteiger partial charge in [0.05, 0.1) is 11.6 Å². The highest BCUT2D eigenvalue weighted by Crippen LogP contribution is 2.34. The molecule has 1 aromatic heterocycles. The second kappa shape index (κ2) is 6.58. The van der Waals surface area contributed by atoms with Gasteiger partial charge in [-0.25, -0.2) is 16.2 Å². The predicted octanol–water partition coefficient (Wildman–Crippen LogP) is 4.51. The van der Waals surface area contributed by atoms with Crippen LogP contribution in [0.2, 0.25) is 5.02 Å². The summed E-state index contributed by atoms with van der Waals surface area (Å²) in [5, 5.41) is 14.1. The standard InChI is InChI=1S/C19H17ClN4O/c1-19(2,21-3)16-7-13(10-24-12-22-11-23-24)6-15(8-16)14-4-5-18(25)17(20)9-14/h4-9,11-12,25H,10H2,1-2H3. The van der Waals surface area contributed by atoms with Gasteiger partial charge in [0.1, 0.15) is 18.4 Å². The van der Waals surface area contributed by atoms with Gasteiger partial charge in [0.25, 0.3) is 5.54 Å². The number of benzene rings is 2. The van der Waals surface area contributed by atoms with E-state index in [0.717, 1.165) is 22.3 Å². The Morgan fingerprint density at radius 3 is 2.64 bits per heavy atom. The van der Waals surface area contributed by atoms with Crippen LogP contribution in [0.1, 0.15) is 25.0 Å². The highest BCUT2D eigenvalue weighted by atomic mass is 35.5. The summed E-state index contributed by atoms with van der Waals surface area (Å²) in [6.45, 7) is 11.8. The maximum absolute atomic E-state index is 9.65. The molecule has 6 heteroatoms. The number of rotatable bonds is 4. The molecule has 0 fully saturated rings. The van der Waals surface area contributed by atoms with Crippen LogP contribution in [0, 0.1) is 6.57 Å². The fourth-order valence-electron chi connectivity index (χ4n) is 2.56. The first kappa shape index (κ1) is 17.0. The summed E-state index contributed by atoms with van der Waals surface area (Å²) >= 11 is 6.05. The molecule has 0 spiro atoms. The molecule has 0 bridgehead atoms. The number of aromatic hydroxyl groups is 1. The Labute approximate surface area is 151 Å². The van der Waals surface area contributed by atoms with Gasteiger partial charge in [-0.15, -0.1) is 0 Å². The van der Waals surface area contributed by atoms with Gasteiger partial charge in [0.15, 0.2) is 0 Å². The SMILES string of the molecule is [C-]#[N+]C(C)(C)c1cc(Cn2cncn2)cc(-c2ccc(O)c(Cl)c2)c1. The highest BCUT2D eigenvalue weighted by Gasteiger charge is 2.27. The third kappa shape index (κ3) is 3.65. The fourth-order valence-corrected chi connectivity index (χ4v) is 2.74. The zero-order valence-electron chi connectivity index (χ0n) is 13.9. The second-order valence-electron chi connectivity index (χ2n) is 6.35. The van der Waals surface area contributed by atoms with Crippen molar-refractivity contribution < 1.29 is 5.11 Å². The first-order chi connectivity index (χ1) is 11.9. The van der Waals surface area contributed by atoms with Crippen molar-refractivity contribution in [3.63, 3.8) is 0 Å². The number of nitrogens with zero attached hydrogens (tertiary/aromatic N) is 4. The molecule has 5 nitrogen and oxygen atoms in total. The Kier molecular flexibility index (Phi) is 4.47. The third-order valence-corrected chi connectivity index (χ3v) is 4.37. The smallest absolute Gasteiger partial charge is 0.252 e. The van der Waals surface area contributed by atoms with Crippen molar-refractivity contribution in [1.82, 2.24) is 14.8 Å². The molecule has 0 aliphatic carbocycles. The van der Waals surface area contributed by atoms with E-state index in [4.69, 9.17) is 18.2 Å². The van der Waals surface area contributed by atoms with Crippen molar-refractivity contribution >= 4 is 11.6 Å². The molecule has 3 aromatic rings. The minimum absolute atomic E-state index is 0.0471. The van der Waals surface area contributed by atoms with Gasteiger partial charge >= 0.3 is 0 Å². The number of hydrogen-bond donors (Lipinski definition) is 1. The molecule has 0 atom stereocenters. The van der Waals surface area contributed by atoms with Crippen LogP contribution in [0.4, 0.5) is 0 Å². The van der Waals surface area contributed by atoms with Crippen molar-refractivity contribution in [3.8, 4) is 16.9 Å². The van der Waals surface area contributed by atoms with Crippen LogP contribution in [0.15, 0.2) is 49.1 Å². The average Bonchev–Trinajstić information content (AvgIpc) is 3.10. The second-order valence-corrected chi connectivity index (χ2v) is 6.76. The number of hydrogen-bond acceptors (Lipinski definition) is 3. The first-order valence-corrected chi connectivity index (χ1v) is 8.11. The lowest BCUT2D eigenvalue weighted by Crippen LogP contribution is -2.12. The minimum Gasteiger partial charge on any atom is -0.506 e. The molecule has 0 aliphatic heterocycles. The Bertz CT molecular complexity index is 943.